The van der Waals surface area contributed by atoms with Crippen molar-refractivity contribution < 1.29 is 19.8 Å². The van der Waals surface area contributed by atoms with E-state index in [1.807, 2.05) is 0 Å². The third-order valence-corrected chi connectivity index (χ3v) is 6.47. The van der Waals surface area contributed by atoms with E-state index >= 15 is 0 Å². The molecule has 0 aliphatic rings. The molecule has 0 unspecified atom stereocenters. The van der Waals surface area contributed by atoms with Crippen molar-refractivity contribution in [2.75, 3.05) is 0 Å². The fourth-order valence-electron chi connectivity index (χ4n) is 4.22. The van der Waals surface area contributed by atoms with Crippen LogP contribution in [0.2, 0.25) is 0 Å². The van der Waals surface area contributed by atoms with Crippen LogP contribution in [0.1, 0.15) is 181 Å². The van der Waals surface area contributed by atoms with Crippen molar-refractivity contribution in [1.82, 2.24) is 0 Å². The Kier molecular flexibility index (Phi) is 41.9. The van der Waals surface area contributed by atoms with Crippen LogP contribution in [-0.2, 0) is 9.59 Å². The van der Waals surface area contributed by atoms with Gasteiger partial charge in [-0.25, -0.2) is 0 Å². The smallest absolute Gasteiger partial charge is 0.550 e. The molecule has 0 heterocycles. The number of carboxylic acid groups (broad SMARTS) is 2. The number of carbonyl (C=O) groups excluding carboxylic acids is 2. The molecular weight excluding hydrogens is 562 g/mol. The van der Waals surface area contributed by atoms with Gasteiger partial charge in [0.25, 0.3) is 0 Å². The maximum Gasteiger partial charge on any atom is 2.00 e. The molecule has 4 nitrogen and oxygen atoms in total. The monoisotopic (exact) mass is 620 g/mol. The third kappa shape index (κ3) is 44.9. The second kappa shape index (κ2) is 36.7. The summed E-state index contributed by atoms with van der Waals surface area (Å²) in [5.74, 6) is -1.81. The molecule has 35 heavy (non-hydrogen) atoms. The van der Waals surface area contributed by atoms with Gasteiger partial charge in [0, 0.05) is 11.9 Å². The molecule has 0 saturated carbocycles. The van der Waals surface area contributed by atoms with Gasteiger partial charge in [-0.1, -0.05) is 155 Å². The first-order valence-corrected chi connectivity index (χ1v) is 14.9. The van der Waals surface area contributed by atoms with Gasteiger partial charge in [-0.2, -0.15) is 0 Å². The van der Waals surface area contributed by atoms with Crippen molar-refractivity contribution in [1.29, 1.82) is 0 Å². The van der Waals surface area contributed by atoms with Crippen LogP contribution in [-0.4, -0.2) is 60.8 Å². The van der Waals surface area contributed by atoms with Crippen LogP contribution in [0.15, 0.2) is 0 Å². The molecule has 204 valence electrons. The topological polar surface area (TPSA) is 80.3 Å². The summed E-state index contributed by atoms with van der Waals surface area (Å²) in [4.78, 5) is 20.3. The first-order valence-electron chi connectivity index (χ1n) is 14.9. The average Bonchev–Trinajstić information content (AvgIpc) is 2.80. The number of carbonyl (C=O) groups is 2. The zero-order chi connectivity index (χ0) is 25.5. The van der Waals surface area contributed by atoms with Gasteiger partial charge >= 0.3 is 48.9 Å². The minimum Gasteiger partial charge on any atom is -0.550 e. The minimum absolute atomic E-state index is 0. The Morgan fingerprint density at radius 2 is 0.543 bits per heavy atom. The van der Waals surface area contributed by atoms with Crippen LogP contribution < -0.4 is 10.2 Å². The Morgan fingerprint density at radius 3 is 0.714 bits per heavy atom. The van der Waals surface area contributed by atoms with Crippen LogP contribution in [0.3, 0.4) is 0 Å². The molecule has 0 radical (unpaired) electrons. The van der Waals surface area contributed by atoms with Crippen LogP contribution in [0.4, 0.5) is 0 Å². The Bertz CT molecular complexity index is 377. The van der Waals surface area contributed by atoms with E-state index in [0.717, 1.165) is 25.7 Å². The predicted molar refractivity (Wildman–Crippen MR) is 147 cm³/mol. The van der Waals surface area contributed by atoms with Crippen molar-refractivity contribution >= 4 is 60.8 Å². The van der Waals surface area contributed by atoms with Gasteiger partial charge in [-0.15, -0.1) is 0 Å². The molecule has 0 aromatic rings. The molecule has 0 bridgehead atoms. The third-order valence-electron chi connectivity index (χ3n) is 6.47. The van der Waals surface area contributed by atoms with Gasteiger partial charge in [-0.3, -0.25) is 0 Å². The zero-order valence-electron chi connectivity index (χ0n) is 23.7. The van der Waals surface area contributed by atoms with E-state index in [0.29, 0.717) is 0 Å². The maximum atomic E-state index is 10.2. The Balaban J connectivity index is -0.000000569. The molecule has 0 saturated heterocycles. The molecule has 0 aliphatic carbocycles. The van der Waals surface area contributed by atoms with Crippen LogP contribution in [0, 0.1) is 0 Å². The first kappa shape index (κ1) is 40.0. The van der Waals surface area contributed by atoms with E-state index in [1.165, 1.54) is 128 Å². The van der Waals surface area contributed by atoms with E-state index < -0.39 is 11.9 Å². The fourth-order valence-corrected chi connectivity index (χ4v) is 4.22. The van der Waals surface area contributed by atoms with E-state index in [-0.39, 0.29) is 61.7 Å². The van der Waals surface area contributed by atoms with Crippen molar-refractivity contribution in [3.63, 3.8) is 0 Å². The summed E-state index contributed by atoms with van der Waals surface area (Å²) in [6.45, 7) is 4.50. The van der Waals surface area contributed by atoms with Crippen molar-refractivity contribution in [2.45, 2.75) is 181 Å². The first-order chi connectivity index (χ1) is 16.5. The van der Waals surface area contributed by atoms with E-state index in [1.54, 1.807) is 0 Å². The normalized spacial score (nSPS) is 10.3. The second-order valence-corrected chi connectivity index (χ2v) is 10.0. The number of hydrogen-bond acceptors (Lipinski definition) is 4. The van der Waals surface area contributed by atoms with Gasteiger partial charge in [0.2, 0.25) is 0 Å². The van der Waals surface area contributed by atoms with Gasteiger partial charge in [0.1, 0.15) is 0 Å². The fraction of sp³-hybridized carbons (Fsp3) is 0.933. The van der Waals surface area contributed by atoms with Gasteiger partial charge in [-0.05, 0) is 25.7 Å². The number of rotatable bonds is 26. The number of carboxylic acids is 2. The average molecular weight is 620 g/mol. The molecule has 0 spiro atoms. The number of aliphatic carboxylic acids is 2. The minimum atomic E-state index is -0.905. The van der Waals surface area contributed by atoms with Gasteiger partial charge < -0.3 is 19.8 Å². The van der Waals surface area contributed by atoms with Crippen molar-refractivity contribution in [3.8, 4) is 0 Å². The van der Waals surface area contributed by atoms with Crippen LogP contribution in [0.5, 0.6) is 0 Å². The molecule has 0 aliphatic heterocycles. The molecule has 0 amide bonds. The summed E-state index contributed by atoms with van der Waals surface area (Å²) in [5, 5.41) is 20.3. The van der Waals surface area contributed by atoms with Crippen LogP contribution in [0.25, 0.3) is 0 Å². The summed E-state index contributed by atoms with van der Waals surface area (Å²) < 4.78 is 0. The summed E-state index contributed by atoms with van der Waals surface area (Å²) in [6.07, 6.45) is 31.0. The zero-order valence-corrected chi connectivity index (χ0v) is 28.2. The van der Waals surface area contributed by atoms with Crippen LogP contribution >= 0.6 is 0 Å². The largest absolute Gasteiger partial charge is 2.00 e. The van der Waals surface area contributed by atoms with E-state index in [9.17, 15) is 19.8 Å². The molecule has 0 atom stereocenters. The Hall–Kier alpha value is 0.511. The summed E-state index contributed by atoms with van der Waals surface area (Å²) in [5.41, 5.74) is 0. The van der Waals surface area contributed by atoms with Gasteiger partial charge in [0.15, 0.2) is 0 Å². The maximum absolute atomic E-state index is 10.2. The summed E-state index contributed by atoms with van der Waals surface area (Å²) in [7, 11) is 0. The van der Waals surface area contributed by atoms with Crippen molar-refractivity contribution in [2.24, 2.45) is 0 Å². The predicted octanol–water partition coefficient (Wildman–Crippen LogP) is 7.27. The molecule has 0 rings (SSSR count). The van der Waals surface area contributed by atoms with Gasteiger partial charge in [0.05, 0.1) is 0 Å². The van der Waals surface area contributed by atoms with Crippen molar-refractivity contribution in [3.05, 3.63) is 0 Å². The van der Waals surface area contributed by atoms with E-state index in [2.05, 4.69) is 13.8 Å². The quantitative estimate of drug-likeness (QED) is 0.0753. The summed E-state index contributed by atoms with van der Waals surface area (Å²) in [6, 6.07) is 0. The molecule has 0 N–H and O–H groups in total. The van der Waals surface area contributed by atoms with E-state index in [4.69, 9.17) is 0 Å². The molecule has 5 heteroatoms. The number of hydrogen-bond donors (Lipinski definition) is 0. The molecular formula is C30H58BaO4. The molecule has 0 aromatic carbocycles. The molecule has 0 aromatic heterocycles. The standard InChI is InChI=1S/2C15H30O2.Ba/c2*1-2-3-4-5-6-7-8-9-10-11-12-13-14-15(16)17;/h2*2-14H2,1H3,(H,16,17);/q;;+2/p-2. The SMILES string of the molecule is CCCCCCCCCCCCCCC(=O)[O-].CCCCCCCCCCCCCCC(=O)[O-].[Ba+2]. The Labute approximate surface area is 259 Å². The second-order valence-electron chi connectivity index (χ2n) is 10.0. The molecule has 0 fully saturated rings. The summed E-state index contributed by atoms with van der Waals surface area (Å²) >= 11 is 0. The number of unbranched alkanes of at least 4 members (excludes halogenated alkanes) is 22. The Morgan fingerprint density at radius 1 is 0.371 bits per heavy atom.